The minimum absolute atomic E-state index is 0.0702. The quantitative estimate of drug-likeness (QED) is 0.244. The van der Waals surface area contributed by atoms with Crippen molar-refractivity contribution < 1.29 is 39.3 Å². The molecule has 0 aliphatic rings. The zero-order chi connectivity index (χ0) is 18.9. The maximum absolute atomic E-state index is 11.6. The Bertz CT molecular complexity index is 566. The average Bonchev–Trinajstić information content (AvgIpc) is 2.45. The van der Waals surface area contributed by atoms with Crippen molar-refractivity contribution in [3.05, 3.63) is 36.6 Å². The third-order valence-corrected chi connectivity index (χ3v) is 2.48. The van der Waals surface area contributed by atoms with E-state index in [1.54, 1.807) is 0 Å². The zero-order valence-electron chi connectivity index (χ0n) is 12.6. The summed E-state index contributed by atoms with van der Waals surface area (Å²) in [6.07, 6.45) is 2.81. The summed E-state index contributed by atoms with van der Waals surface area (Å²) in [5, 5.41) is 30.4. The van der Waals surface area contributed by atoms with Crippen molar-refractivity contribution in [3.8, 4) is 0 Å². The maximum Gasteiger partial charge on any atom is 0.328 e. The second-order valence-electron chi connectivity index (χ2n) is 4.43. The summed E-state index contributed by atoms with van der Waals surface area (Å²) in [6, 6.07) is -3.18. The molecular formula is C14H16N2O8. The van der Waals surface area contributed by atoms with Crippen molar-refractivity contribution in [1.29, 1.82) is 0 Å². The second-order valence-corrected chi connectivity index (χ2v) is 4.43. The van der Waals surface area contributed by atoms with E-state index in [9.17, 15) is 24.0 Å². The Morgan fingerprint density at radius 1 is 0.833 bits per heavy atom. The first kappa shape index (κ1) is 20.6. The lowest BCUT2D eigenvalue weighted by molar-refractivity contribution is -0.143. The van der Waals surface area contributed by atoms with Crippen LogP contribution in [0.5, 0.6) is 0 Å². The van der Waals surface area contributed by atoms with E-state index in [4.69, 9.17) is 15.3 Å². The first-order valence-electron chi connectivity index (χ1n) is 6.35. The second kappa shape index (κ2) is 9.56. The van der Waals surface area contributed by atoms with Gasteiger partial charge in [-0.25, -0.2) is 14.4 Å². The van der Waals surface area contributed by atoms with Crippen LogP contribution in [-0.4, -0.2) is 57.0 Å². The smallest absolute Gasteiger partial charge is 0.328 e. The normalized spacial score (nSPS) is 13.2. The lowest BCUT2D eigenvalue weighted by atomic mass is 10.0. The van der Waals surface area contributed by atoms with Gasteiger partial charge in [0.25, 0.3) is 0 Å². The largest absolute Gasteiger partial charge is 0.480 e. The molecule has 0 fully saturated rings. The third kappa shape index (κ3) is 8.12. The highest BCUT2D eigenvalue weighted by molar-refractivity contribution is 5.98. The first-order chi connectivity index (χ1) is 11.0. The van der Waals surface area contributed by atoms with E-state index in [1.165, 1.54) is 0 Å². The molecular weight excluding hydrogens is 324 g/mol. The molecule has 1 unspecified atom stereocenters. The summed E-state index contributed by atoms with van der Waals surface area (Å²) in [5.74, 6) is -5.96. The minimum Gasteiger partial charge on any atom is -0.480 e. The van der Waals surface area contributed by atoms with Crippen LogP contribution in [0.25, 0.3) is 0 Å². The molecule has 10 nitrogen and oxygen atoms in total. The van der Waals surface area contributed by atoms with Gasteiger partial charge in [-0.1, -0.05) is 6.58 Å². The van der Waals surface area contributed by atoms with Crippen LogP contribution in [-0.2, 0) is 24.0 Å². The summed E-state index contributed by atoms with van der Waals surface area (Å²) in [6.45, 7) is 4.48. The summed E-state index contributed by atoms with van der Waals surface area (Å²) in [5.41, 5.74) is -0.0702. The number of carbonyl (C=O) groups excluding carboxylic acids is 2. The summed E-state index contributed by atoms with van der Waals surface area (Å²) in [4.78, 5) is 55.2. The van der Waals surface area contributed by atoms with E-state index in [1.807, 2.05) is 5.32 Å². The SMILES string of the molecule is C=C(/C=C\C(=O)O)N[C@H](C(C)=O)C(NC(=O)/C=C\C(=O)O)C(=O)O. The standard InChI is InChI=1S/C14H16N2O8/c1-7(3-5-10(19)20)15-12(8(2)17)13(14(23)24)16-9(18)4-6-11(21)22/h3-6,12-13,15H,1H2,2H3,(H,16,18)(H,19,20)(H,21,22)(H,23,24)/b5-3-,6-4-/t12-,13?/m1/s1. The number of hydrogen-bond acceptors (Lipinski definition) is 6. The molecule has 0 aliphatic carbocycles. The maximum atomic E-state index is 11.6. The number of amides is 1. The van der Waals surface area contributed by atoms with E-state index >= 15 is 0 Å². The number of carbonyl (C=O) groups is 5. The Hall–Kier alpha value is -3.43. The average molecular weight is 340 g/mol. The van der Waals surface area contributed by atoms with Gasteiger partial charge in [-0.2, -0.15) is 0 Å². The molecule has 0 aliphatic heterocycles. The number of Topliss-reactive ketones (excluding diaryl/α,β-unsaturated/α-hetero) is 1. The van der Waals surface area contributed by atoms with E-state index in [0.717, 1.165) is 19.1 Å². The van der Waals surface area contributed by atoms with Crippen LogP contribution in [0.1, 0.15) is 6.92 Å². The molecule has 0 bridgehead atoms. The lowest BCUT2D eigenvalue weighted by Gasteiger charge is -2.24. The molecule has 130 valence electrons. The van der Waals surface area contributed by atoms with Crippen molar-refractivity contribution in [1.82, 2.24) is 10.6 Å². The van der Waals surface area contributed by atoms with Gasteiger partial charge in [0.15, 0.2) is 11.8 Å². The Labute approximate surface area is 136 Å². The van der Waals surface area contributed by atoms with Gasteiger partial charge in [0.05, 0.1) is 0 Å². The Kier molecular flexibility index (Phi) is 8.19. The molecule has 0 spiro atoms. The van der Waals surface area contributed by atoms with Crippen molar-refractivity contribution in [2.24, 2.45) is 0 Å². The lowest BCUT2D eigenvalue weighted by Crippen LogP contribution is -2.56. The first-order valence-corrected chi connectivity index (χ1v) is 6.35. The topological polar surface area (TPSA) is 170 Å². The molecule has 0 aromatic heterocycles. The van der Waals surface area contributed by atoms with Crippen LogP contribution in [0.15, 0.2) is 36.6 Å². The van der Waals surface area contributed by atoms with Crippen LogP contribution in [0.4, 0.5) is 0 Å². The predicted octanol–water partition coefficient (Wildman–Crippen LogP) is -1.10. The zero-order valence-corrected chi connectivity index (χ0v) is 12.6. The molecule has 0 saturated heterocycles. The number of hydrogen-bond donors (Lipinski definition) is 5. The van der Waals surface area contributed by atoms with E-state index in [0.29, 0.717) is 12.2 Å². The molecule has 0 rings (SSSR count). The molecule has 0 saturated carbocycles. The van der Waals surface area contributed by atoms with Gasteiger partial charge in [-0.3, -0.25) is 9.59 Å². The van der Waals surface area contributed by atoms with E-state index < -0.39 is 41.7 Å². The summed E-state index contributed by atoms with van der Waals surface area (Å²) >= 11 is 0. The molecule has 0 aromatic rings. The fourth-order valence-electron chi connectivity index (χ4n) is 1.48. The highest BCUT2D eigenvalue weighted by Crippen LogP contribution is 2.02. The van der Waals surface area contributed by atoms with Crippen LogP contribution < -0.4 is 10.6 Å². The van der Waals surface area contributed by atoms with Crippen LogP contribution in [0.2, 0.25) is 0 Å². The van der Waals surface area contributed by atoms with E-state index in [-0.39, 0.29) is 5.70 Å². The molecule has 0 aromatic carbocycles. The number of nitrogens with one attached hydrogen (secondary N) is 2. The van der Waals surface area contributed by atoms with Crippen molar-refractivity contribution in [2.75, 3.05) is 0 Å². The van der Waals surface area contributed by atoms with Gasteiger partial charge in [0, 0.05) is 23.9 Å². The molecule has 5 N–H and O–H groups in total. The van der Waals surface area contributed by atoms with Gasteiger partial charge in [-0.05, 0) is 13.0 Å². The minimum atomic E-state index is -1.73. The highest BCUT2D eigenvalue weighted by Gasteiger charge is 2.32. The Morgan fingerprint density at radius 2 is 1.33 bits per heavy atom. The molecule has 24 heavy (non-hydrogen) atoms. The molecule has 2 atom stereocenters. The van der Waals surface area contributed by atoms with Gasteiger partial charge in [0.1, 0.15) is 6.04 Å². The van der Waals surface area contributed by atoms with Crippen LogP contribution in [0.3, 0.4) is 0 Å². The summed E-state index contributed by atoms with van der Waals surface area (Å²) < 4.78 is 0. The predicted molar refractivity (Wildman–Crippen MR) is 79.9 cm³/mol. The van der Waals surface area contributed by atoms with Crippen molar-refractivity contribution in [3.63, 3.8) is 0 Å². The Balaban J connectivity index is 5.24. The molecule has 0 radical (unpaired) electrons. The fourth-order valence-corrected chi connectivity index (χ4v) is 1.48. The van der Waals surface area contributed by atoms with Crippen molar-refractivity contribution >= 4 is 29.6 Å². The number of carboxylic acid groups (broad SMARTS) is 3. The number of allylic oxidation sites excluding steroid dienone is 1. The van der Waals surface area contributed by atoms with Crippen LogP contribution in [0, 0.1) is 0 Å². The molecule has 1 amide bonds. The van der Waals surface area contributed by atoms with Crippen molar-refractivity contribution in [2.45, 2.75) is 19.0 Å². The van der Waals surface area contributed by atoms with Gasteiger partial charge in [0.2, 0.25) is 5.91 Å². The monoisotopic (exact) mass is 340 g/mol. The number of ketones is 1. The third-order valence-electron chi connectivity index (χ3n) is 2.48. The number of carboxylic acids is 3. The number of aliphatic carboxylic acids is 3. The molecule has 0 heterocycles. The highest BCUT2D eigenvalue weighted by atomic mass is 16.4. The fraction of sp³-hybridized carbons (Fsp3) is 0.214. The summed E-state index contributed by atoms with van der Waals surface area (Å²) in [7, 11) is 0. The van der Waals surface area contributed by atoms with Gasteiger partial charge >= 0.3 is 17.9 Å². The van der Waals surface area contributed by atoms with E-state index in [2.05, 4.69) is 11.9 Å². The Morgan fingerprint density at radius 3 is 1.75 bits per heavy atom. The molecule has 10 heteroatoms. The number of rotatable bonds is 10. The van der Waals surface area contributed by atoms with Gasteiger partial charge in [-0.15, -0.1) is 0 Å². The van der Waals surface area contributed by atoms with Gasteiger partial charge < -0.3 is 26.0 Å². The van der Waals surface area contributed by atoms with Crippen LogP contribution >= 0.6 is 0 Å².